The van der Waals surface area contributed by atoms with Crippen LogP contribution in [-0.4, -0.2) is 0 Å². The standard InChI is InChI=1S/C15H11BrClNO/c1-10-6-13(4-5-14(10)16)19-9-12-3-2-11(8-18)7-15(12)17/h2-7H,9H2,1H3. The molecule has 0 spiro atoms. The van der Waals surface area contributed by atoms with Crippen LogP contribution in [0.4, 0.5) is 0 Å². The Balaban J connectivity index is 2.10. The van der Waals surface area contributed by atoms with Crippen molar-refractivity contribution in [2.24, 2.45) is 0 Å². The molecule has 0 bridgehead atoms. The summed E-state index contributed by atoms with van der Waals surface area (Å²) in [4.78, 5) is 0. The highest BCUT2D eigenvalue weighted by molar-refractivity contribution is 9.10. The average molecular weight is 337 g/mol. The second kappa shape index (κ2) is 6.10. The van der Waals surface area contributed by atoms with Gasteiger partial charge in [0.1, 0.15) is 12.4 Å². The first-order chi connectivity index (χ1) is 9.10. The number of rotatable bonds is 3. The molecule has 0 aliphatic rings. The lowest BCUT2D eigenvalue weighted by Gasteiger charge is -2.09. The lowest BCUT2D eigenvalue weighted by molar-refractivity contribution is 0.306. The Hall–Kier alpha value is -1.50. The van der Waals surface area contributed by atoms with Crippen molar-refractivity contribution in [3.8, 4) is 11.8 Å². The summed E-state index contributed by atoms with van der Waals surface area (Å²) in [6.45, 7) is 2.39. The van der Waals surface area contributed by atoms with E-state index in [2.05, 4.69) is 22.0 Å². The molecular formula is C15H11BrClNO. The van der Waals surface area contributed by atoms with Crippen LogP contribution in [0.25, 0.3) is 0 Å². The Kier molecular flexibility index (Phi) is 4.47. The predicted molar refractivity (Wildman–Crippen MR) is 79.4 cm³/mol. The molecule has 2 aromatic rings. The van der Waals surface area contributed by atoms with E-state index < -0.39 is 0 Å². The first kappa shape index (κ1) is 13.9. The van der Waals surface area contributed by atoms with Crippen molar-refractivity contribution in [1.29, 1.82) is 5.26 Å². The second-order valence-corrected chi connectivity index (χ2v) is 5.38. The number of nitrogens with zero attached hydrogens (tertiary/aromatic N) is 1. The van der Waals surface area contributed by atoms with E-state index >= 15 is 0 Å². The van der Waals surface area contributed by atoms with E-state index in [9.17, 15) is 0 Å². The van der Waals surface area contributed by atoms with E-state index in [0.717, 1.165) is 21.3 Å². The Morgan fingerprint density at radius 1 is 1.26 bits per heavy atom. The third kappa shape index (κ3) is 3.50. The van der Waals surface area contributed by atoms with Gasteiger partial charge in [-0.05, 0) is 42.8 Å². The number of hydrogen-bond donors (Lipinski definition) is 0. The molecule has 0 aliphatic carbocycles. The highest BCUT2D eigenvalue weighted by atomic mass is 79.9. The van der Waals surface area contributed by atoms with E-state index in [1.165, 1.54) is 0 Å². The molecule has 0 saturated heterocycles. The number of benzene rings is 2. The van der Waals surface area contributed by atoms with Gasteiger partial charge in [0.2, 0.25) is 0 Å². The molecule has 0 amide bonds. The van der Waals surface area contributed by atoms with Crippen LogP contribution in [0.15, 0.2) is 40.9 Å². The minimum absolute atomic E-state index is 0.381. The second-order valence-electron chi connectivity index (χ2n) is 4.12. The molecular weight excluding hydrogens is 326 g/mol. The maximum atomic E-state index is 8.77. The predicted octanol–water partition coefficient (Wildman–Crippen LogP) is 4.86. The molecule has 2 nitrogen and oxygen atoms in total. The van der Waals surface area contributed by atoms with Gasteiger partial charge < -0.3 is 4.74 Å². The normalized spacial score (nSPS) is 10.0. The fraction of sp³-hybridized carbons (Fsp3) is 0.133. The van der Waals surface area contributed by atoms with Gasteiger partial charge in [-0.15, -0.1) is 0 Å². The summed E-state index contributed by atoms with van der Waals surface area (Å²) in [5, 5.41) is 9.32. The largest absolute Gasteiger partial charge is 0.489 e. The molecule has 0 fully saturated rings. The van der Waals surface area contributed by atoms with Crippen molar-refractivity contribution in [1.82, 2.24) is 0 Å². The Morgan fingerprint density at radius 3 is 2.68 bits per heavy atom. The molecule has 2 aromatic carbocycles. The van der Waals surface area contributed by atoms with Gasteiger partial charge in [0.05, 0.1) is 11.6 Å². The van der Waals surface area contributed by atoms with Crippen LogP contribution in [-0.2, 0) is 6.61 Å². The number of halogens is 2. The van der Waals surface area contributed by atoms with Crippen molar-refractivity contribution >= 4 is 27.5 Å². The molecule has 4 heteroatoms. The van der Waals surface area contributed by atoms with Gasteiger partial charge in [0.15, 0.2) is 0 Å². The zero-order valence-corrected chi connectivity index (χ0v) is 12.6. The molecule has 96 valence electrons. The van der Waals surface area contributed by atoms with Crippen molar-refractivity contribution in [2.75, 3.05) is 0 Å². The fourth-order valence-electron chi connectivity index (χ4n) is 1.60. The van der Waals surface area contributed by atoms with Gasteiger partial charge in [-0.2, -0.15) is 5.26 Å². The monoisotopic (exact) mass is 335 g/mol. The van der Waals surface area contributed by atoms with Crippen LogP contribution in [0.2, 0.25) is 5.02 Å². The third-order valence-electron chi connectivity index (χ3n) is 2.71. The Bertz CT molecular complexity index is 649. The lowest BCUT2D eigenvalue weighted by atomic mass is 10.1. The topological polar surface area (TPSA) is 33.0 Å². The van der Waals surface area contributed by atoms with Gasteiger partial charge in [-0.25, -0.2) is 0 Å². The first-order valence-electron chi connectivity index (χ1n) is 5.67. The number of aryl methyl sites for hydroxylation is 1. The highest BCUT2D eigenvalue weighted by Crippen LogP contribution is 2.24. The average Bonchev–Trinajstić information content (AvgIpc) is 2.41. The van der Waals surface area contributed by atoms with E-state index in [1.807, 2.05) is 31.2 Å². The van der Waals surface area contributed by atoms with Gasteiger partial charge in [0, 0.05) is 15.1 Å². The van der Waals surface area contributed by atoms with Crippen LogP contribution < -0.4 is 4.74 Å². The summed E-state index contributed by atoms with van der Waals surface area (Å²) >= 11 is 9.54. The van der Waals surface area contributed by atoms with Crippen molar-refractivity contribution in [3.63, 3.8) is 0 Å². The quantitative estimate of drug-likeness (QED) is 0.801. The summed E-state index contributed by atoms with van der Waals surface area (Å²) in [5.74, 6) is 0.793. The van der Waals surface area contributed by atoms with Crippen LogP contribution in [0, 0.1) is 18.3 Å². The molecule has 0 aromatic heterocycles. The highest BCUT2D eigenvalue weighted by Gasteiger charge is 2.04. The molecule has 0 atom stereocenters. The van der Waals surface area contributed by atoms with E-state index in [-0.39, 0.29) is 0 Å². The Labute approximate surface area is 125 Å². The van der Waals surface area contributed by atoms with Gasteiger partial charge in [0.25, 0.3) is 0 Å². The van der Waals surface area contributed by atoms with E-state index in [0.29, 0.717) is 17.2 Å². The van der Waals surface area contributed by atoms with Crippen LogP contribution >= 0.6 is 27.5 Å². The fourth-order valence-corrected chi connectivity index (χ4v) is 2.08. The maximum Gasteiger partial charge on any atom is 0.120 e. The van der Waals surface area contributed by atoms with Crippen LogP contribution in [0.5, 0.6) is 5.75 Å². The van der Waals surface area contributed by atoms with E-state index in [4.69, 9.17) is 21.6 Å². The van der Waals surface area contributed by atoms with E-state index in [1.54, 1.807) is 12.1 Å². The number of hydrogen-bond acceptors (Lipinski definition) is 2. The van der Waals surface area contributed by atoms with Crippen molar-refractivity contribution in [2.45, 2.75) is 13.5 Å². The summed E-state index contributed by atoms with van der Waals surface area (Å²) in [7, 11) is 0. The van der Waals surface area contributed by atoms with Gasteiger partial charge >= 0.3 is 0 Å². The molecule has 0 radical (unpaired) electrons. The Morgan fingerprint density at radius 2 is 2.05 bits per heavy atom. The lowest BCUT2D eigenvalue weighted by Crippen LogP contribution is -1.97. The molecule has 0 aliphatic heterocycles. The number of ether oxygens (including phenoxy) is 1. The third-order valence-corrected chi connectivity index (χ3v) is 3.95. The minimum Gasteiger partial charge on any atom is -0.489 e. The van der Waals surface area contributed by atoms with Crippen molar-refractivity contribution in [3.05, 3.63) is 62.6 Å². The molecule has 0 heterocycles. The van der Waals surface area contributed by atoms with Crippen molar-refractivity contribution < 1.29 is 4.74 Å². The smallest absolute Gasteiger partial charge is 0.120 e. The molecule has 0 saturated carbocycles. The zero-order chi connectivity index (χ0) is 13.8. The van der Waals surface area contributed by atoms with Crippen LogP contribution in [0.3, 0.4) is 0 Å². The SMILES string of the molecule is Cc1cc(OCc2ccc(C#N)cc2Cl)ccc1Br. The van der Waals surface area contributed by atoms with Gasteiger partial charge in [-0.3, -0.25) is 0 Å². The summed E-state index contributed by atoms with van der Waals surface area (Å²) in [5.41, 5.74) is 2.53. The minimum atomic E-state index is 0.381. The van der Waals surface area contributed by atoms with Gasteiger partial charge in [-0.1, -0.05) is 33.6 Å². The summed E-state index contributed by atoms with van der Waals surface area (Å²) in [6.07, 6.45) is 0. The first-order valence-corrected chi connectivity index (χ1v) is 6.84. The number of nitriles is 1. The summed E-state index contributed by atoms with van der Waals surface area (Å²) < 4.78 is 6.75. The zero-order valence-electron chi connectivity index (χ0n) is 10.3. The summed E-state index contributed by atoms with van der Waals surface area (Å²) in [6, 6.07) is 13.1. The molecule has 2 rings (SSSR count). The molecule has 19 heavy (non-hydrogen) atoms. The molecule has 0 N–H and O–H groups in total. The molecule has 0 unspecified atom stereocenters. The maximum absolute atomic E-state index is 8.77. The van der Waals surface area contributed by atoms with Crippen LogP contribution in [0.1, 0.15) is 16.7 Å².